The zero-order valence-electron chi connectivity index (χ0n) is 18.2. The molecule has 10 heteroatoms. The molecule has 1 aromatic heterocycles. The van der Waals surface area contributed by atoms with Crippen molar-refractivity contribution < 1.29 is 13.3 Å². The molecule has 0 amide bonds. The fourth-order valence-corrected chi connectivity index (χ4v) is 5.32. The lowest BCUT2D eigenvalue weighted by atomic mass is 10.2. The molecule has 0 spiro atoms. The number of pyridine rings is 1. The van der Waals surface area contributed by atoms with Gasteiger partial charge in [-0.2, -0.15) is 0 Å². The van der Waals surface area contributed by atoms with E-state index < -0.39 is 14.9 Å². The summed E-state index contributed by atoms with van der Waals surface area (Å²) in [6, 6.07) is 18.9. The smallest absolute Gasteiger partial charge is 0.269 e. The topological polar surface area (TPSA) is 99.9 Å². The summed E-state index contributed by atoms with van der Waals surface area (Å²) in [6.07, 6.45) is 1.42. The summed E-state index contributed by atoms with van der Waals surface area (Å²) in [5, 5.41) is 10.8. The van der Waals surface area contributed by atoms with Crippen molar-refractivity contribution in [1.82, 2.24) is 4.98 Å². The molecule has 172 valence electrons. The second kappa shape index (κ2) is 9.45. The van der Waals surface area contributed by atoms with E-state index in [0.29, 0.717) is 25.3 Å². The number of hydrogen-bond acceptors (Lipinski definition) is 7. The van der Waals surface area contributed by atoms with Crippen molar-refractivity contribution in [2.24, 2.45) is 0 Å². The van der Waals surface area contributed by atoms with E-state index in [1.54, 1.807) is 43.3 Å². The number of non-ortho nitro benzene ring substituents is 1. The van der Waals surface area contributed by atoms with E-state index >= 15 is 0 Å². The van der Waals surface area contributed by atoms with Gasteiger partial charge < -0.3 is 9.80 Å². The van der Waals surface area contributed by atoms with Crippen molar-refractivity contribution in [3.8, 4) is 0 Å². The lowest BCUT2D eigenvalue weighted by molar-refractivity contribution is -0.384. The van der Waals surface area contributed by atoms with Gasteiger partial charge >= 0.3 is 0 Å². The maximum absolute atomic E-state index is 13.1. The van der Waals surface area contributed by atoms with Crippen LogP contribution in [-0.4, -0.2) is 51.0 Å². The fourth-order valence-electron chi connectivity index (χ4n) is 3.90. The number of aromatic nitrogens is 1. The first kappa shape index (κ1) is 22.5. The summed E-state index contributed by atoms with van der Waals surface area (Å²) in [5.41, 5.74) is 1.63. The summed E-state index contributed by atoms with van der Waals surface area (Å²) in [6.45, 7) is 5.01. The number of anilines is 3. The Bertz CT molecular complexity index is 1190. The molecule has 4 rings (SSSR count). The molecule has 1 saturated heterocycles. The molecule has 1 aliphatic rings. The third-order valence-corrected chi connectivity index (χ3v) is 7.56. The molecule has 0 aliphatic carbocycles. The Labute approximate surface area is 193 Å². The lowest BCUT2D eigenvalue weighted by Gasteiger charge is -2.36. The summed E-state index contributed by atoms with van der Waals surface area (Å²) in [4.78, 5) is 19.3. The highest BCUT2D eigenvalue weighted by atomic mass is 32.2. The molecule has 9 nitrogen and oxygen atoms in total. The predicted molar refractivity (Wildman–Crippen MR) is 128 cm³/mol. The maximum Gasteiger partial charge on any atom is 0.269 e. The van der Waals surface area contributed by atoms with E-state index in [-0.39, 0.29) is 10.6 Å². The van der Waals surface area contributed by atoms with Crippen molar-refractivity contribution >= 4 is 32.9 Å². The number of sulfonamides is 1. The first-order chi connectivity index (χ1) is 15.9. The second-order valence-corrected chi connectivity index (χ2v) is 9.47. The first-order valence-electron chi connectivity index (χ1n) is 10.7. The molecule has 0 bridgehead atoms. The van der Waals surface area contributed by atoms with Gasteiger partial charge in [0.2, 0.25) is 0 Å². The van der Waals surface area contributed by atoms with Gasteiger partial charge in [0.1, 0.15) is 10.7 Å². The van der Waals surface area contributed by atoms with Crippen LogP contribution in [0, 0.1) is 10.1 Å². The van der Waals surface area contributed by atoms with Gasteiger partial charge in [-0.25, -0.2) is 13.4 Å². The first-order valence-corrected chi connectivity index (χ1v) is 12.1. The average Bonchev–Trinajstić information content (AvgIpc) is 2.85. The normalized spacial score (nSPS) is 14.2. The molecule has 0 unspecified atom stereocenters. The monoisotopic (exact) mass is 467 g/mol. The van der Waals surface area contributed by atoms with Gasteiger partial charge in [0.25, 0.3) is 15.7 Å². The van der Waals surface area contributed by atoms with Gasteiger partial charge in [-0.1, -0.05) is 18.2 Å². The molecule has 2 aromatic carbocycles. The fraction of sp³-hybridized carbons (Fsp3) is 0.261. The van der Waals surface area contributed by atoms with E-state index in [0.717, 1.165) is 24.6 Å². The highest BCUT2D eigenvalue weighted by molar-refractivity contribution is 7.92. The van der Waals surface area contributed by atoms with Crippen molar-refractivity contribution in [2.75, 3.05) is 46.8 Å². The molecule has 0 saturated carbocycles. The largest absolute Gasteiger partial charge is 0.368 e. The molecule has 3 aromatic rings. The number of benzene rings is 2. The highest BCUT2D eigenvalue weighted by Crippen LogP contribution is 2.25. The van der Waals surface area contributed by atoms with Crippen LogP contribution in [0.3, 0.4) is 0 Å². The van der Waals surface area contributed by atoms with Gasteiger partial charge in [0, 0.05) is 56.7 Å². The van der Waals surface area contributed by atoms with E-state index in [9.17, 15) is 18.5 Å². The van der Waals surface area contributed by atoms with Crippen LogP contribution in [0.1, 0.15) is 6.92 Å². The molecule has 1 fully saturated rings. The van der Waals surface area contributed by atoms with Gasteiger partial charge in [0.05, 0.1) is 10.6 Å². The number of rotatable bonds is 7. The number of piperazine rings is 1. The van der Waals surface area contributed by atoms with Gasteiger partial charge in [0.15, 0.2) is 0 Å². The Morgan fingerprint density at radius 2 is 1.58 bits per heavy atom. The Hall–Kier alpha value is -3.66. The summed E-state index contributed by atoms with van der Waals surface area (Å²) < 4.78 is 27.6. The molecule has 0 N–H and O–H groups in total. The van der Waals surface area contributed by atoms with Crippen LogP contribution < -0.4 is 14.1 Å². The minimum Gasteiger partial charge on any atom is -0.368 e. The second-order valence-electron chi connectivity index (χ2n) is 7.61. The number of para-hydroxylation sites is 1. The van der Waals surface area contributed by atoms with E-state index in [4.69, 9.17) is 0 Å². The van der Waals surface area contributed by atoms with Crippen LogP contribution in [0.25, 0.3) is 0 Å². The Morgan fingerprint density at radius 3 is 2.12 bits per heavy atom. The van der Waals surface area contributed by atoms with Gasteiger partial charge in [-0.15, -0.1) is 0 Å². The number of nitrogens with zero attached hydrogens (tertiary/aromatic N) is 5. The minimum absolute atomic E-state index is 0.0746. The molecule has 0 radical (unpaired) electrons. The Kier molecular flexibility index (Phi) is 6.45. The molecule has 2 heterocycles. The number of hydrogen-bond donors (Lipinski definition) is 0. The zero-order valence-corrected chi connectivity index (χ0v) is 19.1. The molecular weight excluding hydrogens is 442 g/mol. The van der Waals surface area contributed by atoms with Crippen molar-refractivity contribution in [2.45, 2.75) is 11.8 Å². The van der Waals surface area contributed by atoms with E-state index in [1.165, 1.54) is 22.6 Å². The third-order valence-electron chi connectivity index (χ3n) is 5.67. The standard InChI is InChI=1S/C23H25N5O4S/c1-2-27(20-6-4-3-5-7-20)33(31,32)22-12-13-23(24-18-22)26-16-14-25(15-17-26)19-8-10-21(11-9-19)28(29)30/h3-13,18H,2,14-17H2,1H3. The van der Waals surface area contributed by atoms with E-state index in [2.05, 4.69) is 14.8 Å². The summed E-state index contributed by atoms with van der Waals surface area (Å²) in [5.74, 6) is 0.722. The zero-order chi connectivity index (χ0) is 23.4. The highest BCUT2D eigenvalue weighted by Gasteiger charge is 2.25. The Balaban J connectivity index is 1.43. The van der Waals surface area contributed by atoms with Crippen molar-refractivity contribution in [1.29, 1.82) is 0 Å². The number of nitro benzene ring substituents is 1. The van der Waals surface area contributed by atoms with Crippen LogP contribution in [-0.2, 0) is 10.0 Å². The summed E-state index contributed by atoms with van der Waals surface area (Å²) >= 11 is 0. The quantitative estimate of drug-likeness (QED) is 0.387. The molecule has 1 aliphatic heterocycles. The van der Waals surface area contributed by atoms with Crippen LogP contribution >= 0.6 is 0 Å². The van der Waals surface area contributed by atoms with Crippen LogP contribution in [0.15, 0.2) is 77.8 Å². The van der Waals surface area contributed by atoms with Crippen LogP contribution in [0.2, 0.25) is 0 Å². The van der Waals surface area contributed by atoms with Crippen molar-refractivity contribution in [3.05, 3.63) is 83.0 Å². The average molecular weight is 468 g/mol. The molecule has 33 heavy (non-hydrogen) atoms. The lowest BCUT2D eigenvalue weighted by Crippen LogP contribution is -2.46. The third kappa shape index (κ3) is 4.75. The minimum atomic E-state index is -3.71. The van der Waals surface area contributed by atoms with Crippen LogP contribution in [0.4, 0.5) is 22.9 Å². The molecule has 0 atom stereocenters. The number of nitro groups is 1. The SMILES string of the molecule is CCN(c1ccccc1)S(=O)(=O)c1ccc(N2CCN(c3ccc([N+](=O)[O-])cc3)CC2)nc1. The maximum atomic E-state index is 13.1. The van der Waals surface area contributed by atoms with Crippen LogP contribution in [0.5, 0.6) is 0 Å². The van der Waals surface area contributed by atoms with Gasteiger partial charge in [-0.05, 0) is 43.3 Å². The van der Waals surface area contributed by atoms with E-state index in [1.807, 2.05) is 18.2 Å². The molecular formula is C23H25N5O4S. The van der Waals surface area contributed by atoms with Gasteiger partial charge in [-0.3, -0.25) is 14.4 Å². The Morgan fingerprint density at radius 1 is 0.939 bits per heavy atom. The summed E-state index contributed by atoms with van der Waals surface area (Å²) in [7, 11) is -3.71. The predicted octanol–water partition coefficient (Wildman–Crippen LogP) is 3.53. The van der Waals surface area contributed by atoms with Crippen molar-refractivity contribution in [3.63, 3.8) is 0 Å².